The smallest absolute Gasteiger partial charge is 0.329 e. The van der Waals surface area contributed by atoms with Crippen LogP contribution in [-0.2, 0) is 16.1 Å². The molecule has 1 aromatic heterocycles. The number of hydrogen-bond donors (Lipinski definition) is 1. The van der Waals surface area contributed by atoms with Gasteiger partial charge in [0.05, 0.1) is 6.61 Å². The molecular weight excluding hydrogens is 212 g/mol. The van der Waals surface area contributed by atoms with Gasteiger partial charge in [-0.05, 0) is 22.4 Å². The zero-order valence-electron chi connectivity index (χ0n) is 7.97. The number of benzene rings is 1. The van der Waals surface area contributed by atoms with Gasteiger partial charge in [0.2, 0.25) is 0 Å². The average molecular weight is 222 g/mol. The summed E-state index contributed by atoms with van der Waals surface area (Å²) >= 11 is 1.65. The summed E-state index contributed by atoms with van der Waals surface area (Å²) in [6, 6.07) is 8.02. The predicted octanol–water partition coefficient (Wildman–Crippen LogP) is 2.50. The average Bonchev–Trinajstić information content (AvgIpc) is 2.62. The topological polar surface area (TPSA) is 46.5 Å². The standard InChI is InChI=1S/C11H10O3S/c12-11(13)6-14-5-8-7-15-10-4-2-1-3-9(8)10/h1-4,7H,5-6H2,(H,12,13). The second-order valence-corrected chi connectivity index (χ2v) is 4.05. The van der Waals surface area contributed by atoms with Gasteiger partial charge in [-0.2, -0.15) is 0 Å². The van der Waals surface area contributed by atoms with E-state index in [2.05, 4.69) is 0 Å². The SMILES string of the molecule is O=C(O)COCc1csc2ccccc12. The molecule has 1 N–H and O–H groups in total. The predicted molar refractivity (Wildman–Crippen MR) is 59.1 cm³/mol. The number of carbonyl (C=O) groups is 1. The van der Waals surface area contributed by atoms with Crippen LogP contribution in [0.25, 0.3) is 10.1 Å². The lowest BCUT2D eigenvalue weighted by atomic mass is 10.2. The molecule has 78 valence electrons. The van der Waals surface area contributed by atoms with Crippen molar-refractivity contribution in [3.63, 3.8) is 0 Å². The van der Waals surface area contributed by atoms with Gasteiger partial charge in [-0.1, -0.05) is 18.2 Å². The third-order valence-corrected chi connectivity index (χ3v) is 3.06. The first kappa shape index (κ1) is 10.1. The fourth-order valence-electron chi connectivity index (χ4n) is 1.39. The lowest BCUT2D eigenvalue weighted by molar-refractivity contribution is -0.142. The van der Waals surface area contributed by atoms with Gasteiger partial charge >= 0.3 is 5.97 Å². The van der Waals surface area contributed by atoms with Gasteiger partial charge in [-0.25, -0.2) is 4.79 Å². The van der Waals surface area contributed by atoms with Crippen molar-refractivity contribution in [2.24, 2.45) is 0 Å². The summed E-state index contributed by atoms with van der Waals surface area (Å²) in [4.78, 5) is 10.3. The number of carboxylic acid groups (broad SMARTS) is 1. The summed E-state index contributed by atoms with van der Waals surface area (Å²) in [6.45, 7) is 0.112. The summed E-state index contributed by atoms with van der Waals surface area (Å²) in [5.41, 5.74) is 1.05. The van der Waals surface area contributed by atoms with Crippen LogP contribution >= 0.6 is 11.3 Å². The molecule has 0 amide bonds. The third-order valence-electron chi connectivity index (χ3n) is 2.04. The molecule has 2 aromatic rings. The van der Waals surface area contributed by atoms with Crippen LogP contribution in [0.3, 0.4) is 0 Å². The number of carboxylic acids is 1. The Hall–Kier alpha value is -1.39. The van der Waals surface area contributed by atoms with E-state index < -0.39 is 5.97 Å². The normalized spacial score (nSPS) is 10.7. The minimum Gasteiger partial charge on any atom is -0.480 e. The first-order valence-corrected chi connectivity index (χ1v) is 5.40. The van der Waals surface area contributed by atoms with Crippen LogP contribution in [0.5, 0.6) is 0 Å². The van der Waals surface area contributed by atoms with Crippen LogP contribution in [0, 0.1) is 0 Å². The van der Waals surface area contributed by atoms with Crippen molar-refractivity contribution in [1.82, 2.24) is 0 Å². The van der Waals surface area contributed by atoms with Crippen LogP contribution < -0.4 is 0 Å². The lowest BCUT2D eigenvalue weighted by Crippen LogP contribution is -2.06. The number of fused-ring (bicyclic) bond motifs is 1. The van der Waals surface area contributed by atoms with E-state index in [1.54, 1.807) is 11.3 Å². The van der Waals surface area contributed by atoms with Crippen molar-refractivity contribution in [3.8, 4) is 0 Å². The molecule has 0 aliphatic heterocycles. The first-order chi connectivity index (χ1) is 7.27. The number of ether oxygens (including phenoxy) is 1. The summed E-state index contributed by atoms with van der Waals surface area (Å²) in [7, 11) is 0. The van der Waals surface area contributed by atoms with Gasteiger partial charge in [-0.3, -0.25) is 0 Å². The molecule has 4 heteroatoms. The number of aliphatic carboxylic acids is 1. The Morgan fingerprint density at radius 1 is 1.40 bits per heavy atom. The van der Waals surface area contributed by atoms with Gasteiger partial charge in [0.1, 0.15) is 6.61 Å². The minimum absolute atomic E-state index is 0.246. The fourth-order valence-corrected chi connectivity index (χ4v) is 2.34. The van der Waals surface area contributed by atoms with Crippen LogP contribution in [0.15, 0.2) is 29.6 Å². The molecule has 3 nitrogen and oxygen atoms in total. The van der Waals surface area contributed by atoms with E-state index in [1.807, 2.05) is 29.6 Å². The Labute approximate surface area is 90.9 Å². The molecule has 1 aromatic carbocycles. The van der Waals surface area contributed by atoms with E-state index in [0.29, 0.717) is 6.61 Å². The van der Waals surface area contributed by atoms with Gasteiger partial charge in [0, 0.05) is 4.70 Å². The largest absolute Gasteiger partial charge is 0.480 e. The number of thiophene rings is 1. The van der Waals surface area contributed by atoms with Crippen molar-refractivity contribution in [2.75, 3.05) is 6.61 Å². The van der Waals surface area contributed by atoms with E-state index in [4.69, 9.17) is 9.84 Å². The Morgan fingerprint density at radius 2 is 2.20 bits per heavy atom. The van der Waals surface area contributed by atoms with Gasteiger partial charge < -0.3 is 9.84 Å². The third kappa shape index (κ3) is 2.34. The molecule has 0 unspecified atom stereocenters. The molecule has 15 heavy (non-hydrogen) atoms. The van der Waals surface area contributed by atoms with Crippen LogP contribution in [0.4, 0.5) is 0 Å². The molecule has 0 spiro atoms. The van der Waals surface area contributed by atoms with Crippen molar-refractivity contribution in [1.29, 1.82) is 0 Å². The highest BCUT2D eigenvalue weighted by Crippen LogP contribution is 2.25. The van der Waals surface area contributed by atoms with Crippen molar-refractivity contribution in [3.05, 3.63) is 35.2 Å². The molecule has 0 aliphatic rings. The molecule has 0 saturated carbocycles. The summed E-state index contributed by atoms with van der Waals surface area (Å²) in [6.07, 6.45) is 0. The highest BCUT2D eigenvalue weighted by Gasteiger charge is 2.04. The minimum atomic E-state index is -0.936. The molecule has 0 fully saturated rings. The maximum Gasteiger partial charge on any atom is 0.329 e. The van der Waals surface area contributed by atoms with Gasteiger partial charge in [0.15, 0.2) is 0 Å². The van der Waals surface area contributed by atoms with Crippen LogP contribution in [0.1, 0.15) is 5.56 Å². The highest BCUT2D eigenvalue weighted by atomic mass is 32.1. The molecule has 0 aliphatic carbocycles. The first-order valence-electron chi connectivity index (χ1n) is 4.52. The molecule has 2 rings (SSSR count). The molecular formula is C11H10O3S. The molecule has 1 heterocycles. The molecule has 0 radical (unpaired) electrons. The van der Waals surface area contributed by atoms with Crippen LogP contribution in [-0.4, -0.2) is 17.7 Å². The van der Waals surface area contributed by atoms with Crippen molar-refractivity contribution >= 4 is 27.4 Å². The Kier molecular flexibility index (Phi) is 2.99. The molecule has 0 atom stereocenters. The zero-order valence-corrected chi connectivity index (χ0v) is 8.79. The fraction of sp³-hybridized carbons (Fsp3) is 0.182. The monoisotopic (exact) mass is 222 g/mol. The van der Waals surface area contributed by atoms with E-state index in [-0.39, 0.29) is 6.61 Å². The maximum atomic E-state index is 10.3. The van der Waals surface area contributed by atoms with E-state index in [9.17, 15) is 4.79 Å². The Bertz CT molecular complexity index is 475. The molecule has 0 bridgehead atoms. The van der Waals surface area contributed by atoms with E-state index >= 15 is 0 Å². The summed E-state index contributed by atoms with van der Waals surface area (Å²) in [5, 5.41) is 11.6. The van der Waals surface area contributed by atoms with E-state index in [1.165, 1.54) is 4.70 Å². The lowest BCUT2D eigenvalue weighted by Gasteiger charge is -1.99. The molecule has 0 saturated heterocycles. The second kappa shape index (κ2) is 4.42. The van der Waals surface area contributed by atoms with E-state index in [0.717, 1.165) is 10.9 Å². The van der Waals surface area contributed by atoms with Crippen molar-refractivity contribution in [2.45, 2.75) is 6.61 Å². The Balaban J connectivity index is 2.11. The number of hydrogen-bond acceptors (Lipinski definition) is 3. The quantitative estimate of drug-likeness (QED) is 0.864. The van der Waals surface area contributed by atoms with Crippen molar-refractivity contribution < 1.29 is 14.6 Å². The highest BCUT2D eigenvalue weighted by molar-refractivity contribution is 7.17. The zero-order chi connectivity index (χ0) is 10.7. The van der Waals surface area contributed by atoms with Gasteiger partial charge in [-0.15, -0.1) is 11.3 Å². The Morgan fingerprint density at radius 3 is 3.00 bits per heavy atom. The summed E-state index contributed by atoms with van der Waals surface area (Å²) < 4.78 is 6.26. The van der Waals surface area contributed by atoms with Crippen LogP contribution in [0.2, 0.25) is 0 Å². The summed E-state index contributed by atoms with van der Waals surface area (Å²) in [5.74, 6) is -0.936. The number of rotatable bonds is 4. The second-order valence-electron chi connectivity index (χ2n) is 3.14. The maximum absolute atomic E-state index is 10.3. The van der Waals surface area contributed by atoms with Gasteiger partial charge in [0.25, 0.3) is 0 Å².